The van der Waals surface area contributed by atoms with E-state index in [2.05, 4.69) is 4.98 Å². The molecule has 1 aromatic carbocycles. The van der Waals surface area contributed by atoms with Crippen LogP contribution in [0, 0.1) is 13.8 Å². The fraction of sp³-hybridized carbons (Fsp3) is 0.353. The summed E-state index contributed by atoms with van der Waals surface area (Å²) >= 11 is 0. The van der Waals surface area contributed by atoms with E-state index in [-0.39, 0.29) is 5.91 Å². The summed E-state index contributed by atoms with van der Waals surface area (Å²) in [5.41, 5.74) is 3.07. The van der Waals surface area contributed by atoms with Crippen molar-refractivity contribution in [3.05, 3.63) is 41.1 Å². The fourth-order valence-electron chi connectivity index (χ4n) is 3.03. The van der Waals surface area contributed by atoms with Gasteiger partial charge in [-0.3, -0.25) is 9.78 Å². The molecule has 0 radical (unpaired) electrons. The van der Waals surface area contributed by atoms with E-state index in [0.717, 1.165) is 22.9 Å². The van der Waals surface area contributed by atoms with Crippen LogP contribution in [0.3, 0.4) is 0 Å². The summed E-state index contributed by atoms with van der Waals surface area (Å²) in [6, 6.07) is 7.00. The average Bonchev–Trinajstić information content (AvgIpc) is 2.96. The first-order valence-corrected chi connectivity index (χ1v) is 7.39. The van der Waals surface area contributed by atoms with Crippen molar-refractivity contribution in [1.82, 2.24) is 9.88 Å². The summed E-state index contributed by atoms with van der Waals surface area (Å²) in [5.74, 6) is -1.17. The Balaban J connectivity index is 2.03. The number of carboxylic acids is 1. The Morgan fingerprint density at radius 2 is 2.05 bits per heavy atom. The van der Waals surface area contributed by atoms with Gasteiger partial charge in [0, 0.05) is 11.9 Å². The third-order valence-corrected chi connectivity index (χ3v) is 4.19. The number of carbonyl (C=O) groups excluding carboxylic acids is 1. The predicted molar refractivity (Wildman–Crippen MR) is 82.9 cm³/mol. The lowest BCUT2D eigenvalue weighted by Gasteiger charge is -2.22. The molecule has 0 spiro atoms. The first-order valence-electron chi connectivity index (χ1n) is 7.39. The molecule has 1 aliphatic heterocycles. The quantitative estimate of drug-likeness (QED) is 0.925. The number of amides is 1. The van der Waals surface area contributed by atoms with Gasteiger partial charge in [0.2, 0.25) is 0 Å². The zero-order valence-electron chi connectivity index (χ0n) is 12.7. The lowest BCUT2D eigenvalue weighted by atomic mass is 10.1. The van der Waals surface area contributed by atoms with E-state index < -0.39 is 12.0 Å². The molecule has 1 amide bonds. The van der Waals surface area contributed by atoms with Gasteiger partial charge in [-0.05, 0) is 44.9 Å². The number of rotatable bonds is 2. The van der Waals surface area contributed by atoms with Crippen molar-refractivity contribution in [3.8, 4) is 0 Å². The predicted octanol–water partition coefficient (Wildman–Crippen LogP) is 2.54. The topological polar surface area (TPSA) is 70.5 Å². The van der Waals surface area contributed by atoms with Gasteiger partial charge in [0.25, 0.3) is 5.91 Å². The molecule has 2 heterocycles. The molecule has 1 aromatic heterocycles. The summed E-state index contributed by atoms with van der Waals surface area (Å²) in [6.45, 7) is 4.27. The van der Waals surface area contributed by atoms with Crippen LogP contribution in [0.15, 0.2) is 24.3 Å². The summed E-state index contributed by atoms with van der Waals surface area (Å²) < 4.78 is 0. The van der Waals surface area contributed by atoms with E-state index in [1.165, 1.54) is 4.90 Å². The van der Waals surface area contributed by atoms with Gasteiger partial charge in [-0.2, -0.15) is 0 Å². The van der Waals surface area contributed by atoms with E-state index in [1.807, 2.05) is 31.2 Å². The lowest BCUT2D eigenvalue weighted by Crippen LogP contribution is -2.40. The normalized spacial score (nSPS) is 17.9. The van der Waals surface area contributed by atoms with Crippen LogP contribution >= 0.6 is 0 Å². The molecule has 0 bridgehead atoms. The number of carbonyl (C=O) groups is 2. The third kappa shape index (κ3) is 2.43. The lowest BCUT2D eigenvalue weighted by molar-refractivity contribution is -0.141. The maximum atomic E-state index is 12.7. The molecular formula is C17H18N2O3. The Labute approximate surface area is 128 Å². The molecule has 1 aliphatic rings. The van der Waals surface area contributed by atoms with E-state index in [1.54, 1.807) is 6.92 Å². The van der Waals surface area contributed by atoms with Crippen LogP contribution in [-0.2, 0) is 4.79 Å². The Morgan fingerprint density at radius 3 is 2.77 bits per heavy atom. The van der Waals surface area contributed by atoms with Gasteiger partial charge >= 0.3 is 5.97 Å². The molecule has 1 saturated heterocycles. The van der Waals surface area contributed by atoms with Gasteiger partial charge in [0.15, 0.2) is 0 Å². The molecule has 114 valence electrons. The second-order valence-corrected chi connectivity index (χ2v) is 5.81. The number of aliphatic carboxylic acids is 1. The van der Waals surface area contributed by atoms with Gasteiger partial charge in [-0.1, -0.05) is 11.6 Å². The van der Waals surface area contributed by atoms with E-state index in [0.29, 0.717) is 24.2 Å². The first-order chi connectivity index (χ1) is 10.5. The minimum absolute atomic E-state index is 0.238. The number of benzene rings is 1. The van der Waals surface area contributed by atoms with Crippen LogP contribution in [0.4, 0.5) is 0 Å². The maximum absolute atomic E-state index is 12.7. The second kappa shape index (κ2) is 5.40. The standard InChI is InChI=1S/C17H18N2O3/c1-10-5-6-14-12(8-10)9-13(11(2)18-14)16(20)19-7-3-4-15(19)17(21)22/h5-6,8-9,15H,3-4,7H2,1-2H3,(H,21,22). The third-order valence-electron chi connectivity index (χ3n) is 4.19. The van der Waals surface area contributed by atoms with Crippen molar-refractivity contribution in [2.45, 2.75) is 32.7 Å². The highest BCUT2D eigenvalue weighted by molar-refractivity contribution is 6.00. The van der Waals surface area contributed by atoms with Crippen molar-refractivity contribution in [2.75, 3.05) is 6.54 Å². The number of fused-ring (bicyclic) bond motifs is 1. The van der Waals surface area contributed by atoms with Crippen LogP contribution in [0.1, 0.15) is 34.5 Å². The summed E-state index contributed by atoms with van der Waals surface area (Å²) in [6.07, 6.45) is 1.24. The Morgan fingerprint density at radius 1 is 1.27 bits per heavy atom. The summed E-state index contributed by atoms with van der Waals surface area (Å²) in [4.78, 5) is 30.0. The zero-order chi connectivity index (χ0) is 15.9. The second-order valence-electron chi connectivity index (χ2n) is 5.81. The van der Waals surface area contributed by atoms with Crippen molar-refractivity contribution in [2.24, 2.45) is 0 Å². The Kier molecular flexibility index (Phi) is 3.56. The maximum Gasteiger partial charge on any atom is 0.326 e. The highest BCUT2D eigenvalue weighted by Gasteiger charge is 2.35. The smallest absolute Gasteiger partial charge is 0.326 e. The van der Waals surface area contributed by atoms with Gasteiger partial charge in [-0.25, -0.2) is 4.79 Å². The number of carboxylic acid groups (broad SMARTS) is 1. The fourth-order valence-corrected chi connectivity index (χ4v) is 3.03. The van der Waals surface area contributed by atoms with Crippen molar-refractivity contribution >= 4 is 22.8 Å². The SMILES string of the molecule is Cc1ccc2nc(C)c(C(=O)N3CCCC3C(=O)O)cc2c1. The van der Waals surface area contributed by atoms with E-state index in [9.17, 15) is 14.7 Å². The molecule has 5 nitrogen and oxygen atoms in total. The van der Waals surface area contributed by atoms with Crippen molar-refractivity contribution in [3.63, 3.8) is 0 Å². The Hall–Kier alpha value is -2.43. The number of hydrogen-bond acceptors (Lipinski definition) is 3. The van der Waals surface area contributed by atoms with Gasteiger partial charge in [-0.15, -0.1) is 0 Å². The molecule has 1 unspecified atom stereocenters. The molecular weight excluding hydrogens is 280 g/mol. The first kappa shape index (κ1) is 14.5. The number of aryl methyl sites for hydroxylation is 2. The minimum Gasteiger partial charge on any atom is -0.480 e. The van der Waals surface area contributed by atoms with Crippen LogP contribution in [-0.4, -0.2) is 39.5 Å². The molecule has 3 rings (SSSR count). The molecule has 22 heavy (non-hydrogen) atoms. The summed E-state index contributed by atoms with van der Waals surface area (Å²) in [5, 5.41) is 10.2. The molecule has 0 aliphatic carbocycles. The largest absolute Gasteiger partial charge is 0.480 e. The average molecular weight is 298 g/mol. The molecule has 5 heteroatoms. The number of nitrogens with zero attached hydrogens (tertiary/aromatic N) is 2. The minimum atomic E-state index is -0.937. The number of aromatic nitrogens is 1. The van der Waals surface area contributed by atoms with E-state index >= 15 is 0 Å². The molecule has 1 atom stereocenters. The molecule has 2 aromatic rings. The van der Waals surface area contributed by atoms with Gasteiger partial charge in [0.1, 0.15) is 6.04 Å². The van der Waals surface area contributed by atoms with Crippen LogP contribution < -0.4 is 0 Å². The van der Waals surface area contributed by atoms with Crippen molar-refractivity contribution < 1.29 is 14.7 Å². The molecule has 1 fully saturated rings. The van der Waals surface area contributed by atoms with Gasteiger partial charge < -0.3 is 10.0 Å². The summed E-state index contributed by atoms with van der Waals surface area (Å²) in [7, 11) is 0. The van der Waals surface area contributed by atoms with E-state index in [4.69, 9.17) is 0 Å². The Bertz CT molecular complexity index is 770. The van der Waals surface area contributed by atoms with Crippen LogP contribution in [0.2, 0.25) is 0 Å². The van der Waals surface area contributed by atoms with Crippen LogP contribution in [0.25, 0.3) is 10.9 Å². The monoisotopic (exact) mass is 298 g/mol. The zero-order valence-corrected chi connectivity index (χ0v) is 12.7. The van der Waals surface area contributed by atoms with Gasteiger partial charge in [0.05, 0.1) is 16.8 Å². The van der Waals surface area contributed by atoms with Crippen molar-refractivity contribution in [1.29, 1.82) is 0 Å². The highest BCUT2D eigenvalue weighted by Crippen LogP contribution is 2.24. The number of likely N-dealkylation sites (tertiary alicyclic amines) is 1. The molecule has 0 saturated carbocycles. The number of hydrogen-bond donors (Lipinski definition) is 1. The highest BCUT2D eigenvalue weighted by atomic mass is 16.4. The number of pyridine rings is 1. The van der Waals surface area contributed by atoms with Crippen LogP contribution in [0.5, 0.6) is 0 Å². The molecule has 1 N–H and O–H groups in total.